The first-order valence-corrected chi connectivity index (χ1v) is 7.47. The number of aliphatic hydroxyl groups is 1. The Bertz CT molecular complexity index is 451. The average molecular weight is 312 g/mol. The maximum Gasteiger partial charge on any atom is 0.315 e. The summed E-state index contributed by atoms with van der Waals surface area (Å²) in [6.07, 6.45) is 0.713. The zero-order valence-corrected chi connectivity index (χ0v) is 13.3. The Labute approximate surface area is 130 Å². The number of carbonyl (C=O) groups excluding carboxylic acids is 1. The van der Waals surface area contributed by atoms with Gasteiger partial charge in [-0.15, -0.1) is 0 Å². The summed E-state index contributed by atoms with van der Waals surface area (Å²) in [6, 6.07) is 4.89. The number of benzene rings is 1. The highest BCUT2D eigenvalue weighted by atomic mass is 19.1. The summed E-state index contributed by atoms with van der Waals surface area (Å²) in [5, 5.41) is 14.7. The Hall–Kier alpha value is -1.82. The summed E-state index contributed by atoms with van der Waals surface area (Å²) in [5.41, 5.74) is 0. The summed E-state index contributed by atoms with van der Waals surface area (Å²) in [5.74, 6) is 0.610. The fourth-order valence-corrected chi connectivity index (χ4v) is 1.99. The maximum atomic E-state index is 12.8. The minimum absolute atomic E-state index is 0.0912. The molecule has 1 aromatic carbocycles. The highest BCUT2D eigenvalue weighted by Gasteiger charge is 2.14. The third-order valence-corrected chi connectivity index (χ3v) is 3.00. The summed E-state index contributed by atoms with van der Waals surface area (Å²) in [7, 11) is 0. The predicted molar refractivity (Wildman–Crippen MR) is 83.4 cm³/mol. The van der Waals surface area contributed by atoms with E-state index in [0.717, 1.165) is 0 Å². The van der Waals surface area contributed by atoms with Gasteiger partial charge in [0.1, 0.15) is 18.2 Å². The molecule has 2 amide bonds. The van der Waals surface area contributed by atoms with E-state index < -0.39 is 0 Å². The van der Waals surface area contributed by atoms with Crippen LogP contribution in [0.1, 0.15) is 27.2 Å². The molecule has 0 radical (unpaired) electrons. The fraction of sp³-hybridized carbons (Fsp3) is 0.562. The monoisotopic (exact) mass is 312 g/mol. The molecule has 0 aliphatic heterocycles. The fourth-order valence-electron chi connectivity index (χ4n) is 1.99. The average Bonchev–Trinajstić information content (AvgIpc) is 2.45. The molecule has 1 rings (SSSR count). The van der Waals surface area contributed by atoms with Crippen LogP contribution < -0.4 is 15.4 Å². The molecule has 0 bridgehead atoms. The predicted octanol–water partition coefficient (Wildman–Crippen LogP) is 2.30. The molecule has 0 heterocycles. The lowest BCUT2D eigenvalue weighted by Crippen LogP contribution is -2.48. The Kier molecular flexibility index (Phi) is 7.66. The van der Waals surface area contributed by atoms with Gasteiger partial charge in [-0.2, -0.15) is 0 Å². The number of halogens is 1. The number of hydrogen-bond acceptors (Lipinski definition) is 3. The number of urea groups is 1. The van der Waals surface area contributed by atoms with Crippen molar-refractivity contribution < 1.29 is 19.0 Å². The summed E-state index contributed by atoms with van der Waals surface area (Å²) in [4.78, 5) is 11.8. The smallest absolute Gasteiger partial charge is 0.315 e. The van der Waals surface area contributed by atoms with Gasteiger partial charge in [-0.05, 0) is 43.5 Å². The molecule has 124 valence electrons. The topological polar surface area (TPSA) is 70.6 Å². The zero-order valence-electron chi connectivity index (χ0n) is 13.3. The summed E-state index contributed by atoms with van der Waals surface area (Å²) < 4.78 is 18.2. The molecule has 0 fully saturated rings. The molecular formula is C16H25FN2O3. The van der Waals surface area contributed by atoms with Crippen LogP contribution in [0.4, 0.5) is 9.18 Å². The van der Waals surface area contributed by atoms with E-state index in [1.165, 1.54) is 24.3 Å². The van der Waals surface area contributed by atoms with E-state index in [0.29, 0.717) is 18.1 Å². The Morgan fingerprint density at radius 3 is 2.41 bits per heavy atom. The second-order valence-corrected chi connectivity index (χ2v) is 5.79. The molecule has 3 N–H and O–H groups in total. The van der Waals surface area contributed by atoms with Gasteiger partial charge in [0.25, 0.3) is 0 Å². The van der Waals surface area contributed by atoms with Gasteiger partial charge in [-0.25, -0.2) is 9.18 Å². The Morgan fingerprint density at radius 1 is 1.23 bits per heavy atom. The van der Waals surface area contributed by atoms with Crippen LogP contribution in [-0.4, -0.2) is 36.4 Å². The number of nitrogens with one attached hydrogen (secondary N) is 2. The van der Waals surface area contributed by atoms with Crippen molar-refractivity contribution in [2.75, 3.05) is 13.2 Å². The molecule has 0 saturated carbocycles. The van der Waals surface area contributed by atoms with E-state index in [-0.39, 0.29) is 37.1 Å². The van der Waals surface area contributed by atoms with Crippen LogP contribution in [0.2, 0.25) is 0 Å². The molecule has 0 aromatic heterocycles. The van der Waals surface area contributed by atoms with Gasteiger partial charge >= 0.3 is 6.03 Å². The van der Waals surface area contributed by atoms with E-state index in [9.17, 15) is 14.3 Å². The van der Waals surface area contributed by atoms with Gasteiger partial charge in [-0.3, -0.25) is 0 Å². The van der Waals surface area contributed by atoms with E-state index in [4.69, 9.17) is 4.74 Å². The SMILES string of the molecule is CC(C)CC(CO)NC(=O)NC(C)COc1ccc(F)cc1. The van der Waals surface area contributed by atoms with Gasteiger partial charge in [0.15, 0.2) is 0 Å². The third kappa shape index (κ3) is 7.26. The quantitative estimate of drug-likeness (QED) is 0.690. The van der Waals surface area contributed by atoms with E-state index in [1.807, 2.05) is 13.8 Å². The summed E-state index contributed by atoms with van der Waals surface area (Å²) in [6.45, 7) is 6.04. The van der Waals surface area contributed by atoms with E-state index >= 15 is 0 Å². The van der Waals surface area contributed by atoms with Crippen LogP contribution in [0.25, 0.3) is 0 Å². The molecule has 0 saturated heterocycles. The van der Waals surface area contributed by atoms with Crippen LogP contribution in [-0.2, 0) is 0 Å². The normalized spacial score (nSPS) is 13.5. The highest BCUT2D eigenvalue weighted by Crippen LogP contribution is 2.11. The molecule has 6 heteroatoms. The van der Waals surface area contributed by atoms with Gasteiger partial charge in [-0.1, -0.05) is 13.8 Å². The van der Waals surface area contributed by atoms with Crippen LogP contribution in [0.15, 0.2) is 24.3 Å². The molecule has 5 nitrogen and oxygen atoms in total. The molecule has 0 spiro atoms. The van der Waals surface area contributed by atoms with Crippen molar-refractivity contribution in [3.63, 3.8) is 0 Å². The minimum atomic E-state index is -0.338. The van der Waals surface area contributed by atoms with Crippen LogP contribution in [0.3, 0.4) is 0 Å². The van der Waals surface area contributed by atoms with Gasteiger partial charge in [0.2, 0.25) is 0 Å². The number of aliphatic hydroxyl groups excluding tert-OH is 1. The molecule has 0 aliphatic rings. The maximum absolute atomic E-state index is 12.8. The number of hydrogen-bond donors (Lipinski definition) is 3. The third-order valence-electron chi connectivity index (χ3n) is 3.00. The first-order chi connectivity index (χ1) is 10.4. The Morgan fingerprint density at radius 2 is 1.86 bits per heavy atom. The van der Waals surface area contributed by atoms with Crippen molar-refractivity contribution in [2.45, 2.75) is 39.3 Å². The van der Waals surface area contributed by atoms with E-state index in [1.54, 1.807) is 6.92 Å². The zero-order chi connectivity index (χ0) is 16.5. The van der Waals surface area contributed by atoms with Crippen molar-refractivity contribution in [1.29, 1.82) is 0 Å². The lowest BCUT2D eigenvalue weighted by atomic mass is 10.0. The van der Waals surface area contributed by atoms with Crippen molar-refractivity contribution in [3.05, 3.63) is 30.1 Å². The molecule has 2 atom stereocenters. The summed E-state index contributed by atoms with van der Waals surface area (Å²) >= 11 is 0. The van der Waals surface area contributed by atoms with Crippen LogP contribution >= 0.6 is 0 Å². The first-order valence-electron chi connectivity index (χ1n) is 7.47. The first kappa shape index (κ1) is 18.2. The van der Waals surface area contributed by atoms with Crippen molar-refractivity contribution >= 4 is 6.03 Å². The second kappa shape index (κ2) is 9.25. The molecule has 22 heavy (non-hydrogen) atoms. The van der Waals surface area contributed by atoms with Gasteiger partial charge in [0, 0.05) is 0 Å². The van der Waals surface area contributed by atoms with Gasteiger partial charge in [0.05, 0.1) is 18.7 Å². The Balaban J connectivity index is 2.32. The van der Waals surface area contributed by atoms with Crippen LogP contribution in [0.5, 0.6) is 5.75 Å². The highest BCUT2D eigenvalue weighted by molar-refractivity contribution is 5.74. The molecule has 0 aliphatic carbocycles. The standard InChI is InChI=1S/C16H25FN2O3/c1-11(2)8-14(9-20)19-16(21)18-12(3)10-22-15-6-4-13(17)5-7-15/h4-7,11-12,14,20H,8-10H2,1-3H3,(H2,18,19,21). The minimum Gasteiger partial charge on any atom is -0.491 e. The second-order valence-electron chi connectivity index (χ2n) is 5.79. The van der Waals surface area contributed by atoms with E-state index in [2.05, 4.69) is 10.6 Å². The lowest BCUT2D eigenvalue weighted by molar-refractivity contribution is 0.200. The molecular weight excluding hydrogens is 287 g/mol. The van der Waals surface area contributed by atoms with Crippen molar-refractivity contribution in [1.82, 2.24) is 10.6 Å². The number of ether oxygens (including phenoxy) is 1. The largest absolute Gasteiger partial charge is 0.491 e. The van der Waals surface area contributed by atoms with Crippen molar-refractivity contribution in [2.24, 2.45) is 5.92 Å². The molecule has 2 unspecified atom stereocenters. The van der Waals surface area contributed by atoms with Crippen LogP contribution in [0, 0.1) is 11.7 Å². The number of rotatable bonds is 8. The van der Waals surface area contributed by atoms with Crippen molar-refractivity contribution in [3.8, 4) is 5.75 Å². The number of amides is 2. The molecule has 1 aromatic rings. The number of carbonyl (C=O) groups is 1. The lowest BCUT2D eigenvalue weighted by Gasteiger charge is -2.21. The van der Waals surface area contributed by atoms with Gasteiger partial charge < -0.3 is 20.5 Å².